The number of nitrogens with zero attached hydrogens (tertiary/aromatic N) is 5. The maximum Gasteiger partial charge on any atom is 0.355 e. The number of methoxy groups -OCH3 is 1. The number of ether oxygens (including phenoxy) is 1. The summed E-state index contributed by atoms with van der Waals surface area (Å²) in [6.45, 7) is 0. The van der Waals surface area contributed by atoms with Gasteiger partial charge in [-0.2, -0.15) is 4.68 Å². The topological polar surface area (TPSA) is 155 Å². The molecule has 0 unspecified atom stereocenters. The van der Waals surface area contributed by atoms with E-state index in [1.165, 1.54) is 29.1 Å². The molecule has 1 aromatic carbocycles. The molecule has 0 aliphatic carbocycles. The number of benzene rings is 1. The molecule has 2 aromatic heterocycles. The molecule has 0 bridgehead atoms. The number of nitrogens with one attached hydrogen (secondary N) is 1. The highest BCUT2D eigenvalue weighted by Crippen LogP contribution is 2.37. The van der Waals surface area contributed by atoms with Crippen molar-refractivity contribution in [2.45, 2.75) is 6.04 Å². The molecule has 3 aromatic rings. The number of rotatable bonds is 5. The molecule has 1 aliphatic rings. The number of ketones is 1. The van der Waals surface area contributed by atoms with Crippen LogP contribution in [0.5, 0.6) is 0 Å². The summed E-state index contributed by atoms with van der Waals surface area (Å²) >= 11 is 0. The van der Waals surface area contributed by atoms with Gasteiger partial charge in [-0.05, 0) is 22.6 Å². The minimum atomic E-state index is -0.989. The van der Waals surface area contributed by atoms with E-state index in [0.717, 1.165) is 13.2 Å². The fourth-order valence-electron chi connectivity index (χ4n) is 3.01. The number of esters is 1. The molecule has 0 amide bonds. The normalized spacial score (nSPS) is 15.4. The van der Waals surface area contributed by atoms with Crippen LogP contribution in [-0.2, 0) is 9.53 Å². The summed E-state index contributed by atoms with van der Waals surface area (Å²) in [7, 11) is 1.16. The zero-order chi connectivity index (χ0) is 20.5. The predicted octanol–water partition coefficient (Wildman–Crippen LogP) is 1.50. The number of carbonyl (C=O) groups excluding carboxylic acids is 2. The summed E-state index contributed by atoms with van der Waals surface area (Å²) in [5.41, 5.74) is -0.525. The number of fused-ring (bicyclic) bond motifs is 1. The maximum absolute atomic E-state index is 13.4. The van der Waals surface area contributed by atoms with E-state index in [0.29, 0.717) is 0 Å². The molecule has 4 rings (SSSR count). The average Bonchev–Trinajstić information content (AvgIpc) is 3.43. The fourth-order valence-corrected chi connectivity index (χ4v) is 3.01. The summed E-state index contributed by atoms with van der Waals surface area (Å²) in [6, 6.07) is 7.38. The number of anilines is 1. The van der Waals surface area contributed by atoms with Gasteiger partial charge in [0.25, 0.3) is 5.69 Å². The Morgan fingerprint density at radius 3 is 2.83 bits per heavy atom. The Morgan fingerprint density at radius 2 is 2.14 bits per heavy atom. The van der Waals surface area contributed by atoms with Crippen molar-refractivity contribution in [2.24, 2.45) is 0 Å². The van der Waals surface area contributed by atoms with Crippen LogP contribution in [0.25, 0.3) is 0 Å². The Hall–Kier alpha value is -4.35. The zero-order valence-electron chi connectivity index (χ0n) is 14.8. The number of nitro groups is 1. The summed E-state index contributed by atoms with van der Waals surface area (Å²) < 4.78 is 11.5. The first-order valence-electron chi connectivity index (χ1n) is 8.21. The van der Waals surface area contributed by atoms with E-state index in [9.17, 15) is 19.7 Å². The fraction of sp³-hybridized carbons (Fsp3) is 0.118. The van der Waals surface area contributed by atoms with Crippen LogP contribution in [-0.4, -0.2) is 44.0 Å². The lowest BCUT2D eigenvalue weighted by Gasteiger charge is -2.26. The van der Waals surface area contributed by atoms with E-state index in [-0.39, 0.29) is 34.2 Å². The molecule has 0 fully saturated rings. The first-order chi connectivity index (χ1) is 14.0. The zero-order valence-corrected chi connectivity index (χ0v) is 14.8. The van der Waals surface area contributed by atoms with E-state index in [1.54, 1.807) is 12.1 Å². The van der Waals surface area contributed by atoms with Crippen LogP contribution in [0.1, 0.15) is 22.2 Å². The average molecular weight is 396 g/mol. The highest BCUT2D eigenvalue weighted by molar-refractivity contribution is 6.15. The minimum Gasteiger partial charge on any atom is -0.467 e. The van der Waals surface area contributed by atoms with Gasteiger partial charge in [0.2, 0.25) is 5.95 Å². The standard InChI is InChI=1S/C17H12N6O6/c1-28-16(25)13-12(15(24)9-4-2-5-10(8-9)23(26)27)14(11-6-3-7-29-11)22-17(18-13)19-20-21-22/h2-8,14H,1H3,(H,18,19,21)/t14-/m1/s1. The summed E-state index contributed by atoms with van der Waals surface area (Å²) in [5, 5.41) is 25.0. The Kier molecular flexibility index (Phi) is 4.35. The Balaban J connectivity index is 1.93. The largest absolute Gasteiger partial charge is 0.467 e. The van der Waals surface area contributed by atoms with Crippen LogP contribution in [0.15, 0.2) is 58.3 Å². The van der Waals surface area contributed by atoms with E-state index in [2.05, 4.69) is 20.8 Å². The molecular weight excluding hydrogens is 384 g/mol. The molecule has 29 heavy (non-hydrogen) atoms. The monoisotopic (exact) mass is 396 g/mol. The van der Waals surface area contributed by atoms with Crippen molar-refractivity contribution in [2.75, 3.05) is 12.4 Å². The van der Waals surface area contributed by atoms with Crippen LogP contribution >= 0.6 is 0 Å². The number of non-ortho nitro benzene ring substituents is 1. The van der Waals surface area contributed by atoms with Crippen LogP contribution in [0.3, 0.4) is 0 Å². The number of nitro benzene ring substituents is 1. The predicted molar refractivity (Wildman–Crippen MR) is 94.8 cm³/mol. The van der Waals surface area contributed by atoms with E-state index >= 15 is 0 Å². The van der Waals surface area contributed by atoms with Crippen LogP contribution in [0, 0.1) is 10.1 Å². The number of aromatic nitrogens is 4. The lowest BCUT2D eigenvalue weighted by molar-refractivity contribution is -0.384. The van der Waals surface area contributed by atoms with Crippen molar-refractivity contribution >= 4 is 23.4 Å². The number of hydrogen-bond donors (Lipinski definition) is 1. The molecule has 146 valence electrons. The maximum atomic E-state index is 13.4. The van der Waals surface area contributed by atoms with E-state index in [4.69, 9.17) is 9.15 Å². The number of hydrogen-bond acceptors (Lipinski definition) is 10. The van der Waals surface area contributed by atoms with Crippen molar-refractivity contribution in [1.29, 1.82) is 0 Å². The Bertz CT molecular complexity index is 1150. The van der Waals surface area contributed by atoms with E-state index in [1.807, 2.05) is 0 Å². The van der Waals surface area contributed by atoms with Crippen LogP contribution < -0.4 is 5.32 Å². The van der Waals surface area contributed by atoms with Crippen LogP contribution in [0.4, 0.5) is 11.6 Å². The molecule has 1 aliphatic heterocycles. The second-order valence-electron chi connectivity index (χ2n) is 5.91. The quantitative estimate of drug-likeness (QED) is 0.290. The van der Waals surface area contributed by atoms with Gasteiger partial charge in [0.1, 0.15) is 17.5 Å². The Labute approximate surface area is 161 Å². The number of tetrazole rings is 1. The van der Waals surface area contributed by atoms with Crippen molar-refractivity contribution < 1.29 is 23.7 Å². The molecule has 0 radical (unpaired) electrons. The van der Waals surface area contributed by atoms with E-state index < -0.39 is 22.7 Å². The molecule has 0 saturated heterocycles. The van der Waals surface area contributed by atoms with Gasteiger partial charge in [0.05, 0.1) is 23.9 Å². The van der Waals surface area contributed by atoms with Gasteiger partial charge >= 0.3 is 5.97 Å². The van der Waals surface area contributed by atoms with Gasteiger partial charge in [0, 0.05) is 17.7 Å². The van der Waals surface area contributed by atoms with Gasteiger partial charge < -0.3 is 14.5 Å². The molecule has 3 heterocycles. The van der Waals surface area contributed by atoms with Gasteiger partial charge in [-0.1, -0.05) is 17.2 Å². The second-order valence-corrected chi connectivity index (χ2v) is 5.91. The molecule has 12 nitrogen and oxygen atoms in total. The highest BCUT2D eigenvalue weighted by atomic mass is 16.6. The first kappa shape index (κ1) is 18.0. The van der Waals surface area contributed by atoms with Gasteiger partial charge in [-0.25, -0.2) is 4.79 Å². The Morgan fingerprint density at radius 1 is 1.31 bits per heavy atom. The van der Waals surface area contributed by atoms with Gasteiger partial charge in [-0.3, -0.25) is 14.9 Å². The summed E-state index contributed by atoms with van der Waals surface area (Å²) in [6.07, 6.45) is 1.40. The molecule has 12 heteroatoms. The molecule has 1 N–H and O–H groups in total. The summed E-state index contributed by atoms with van der Waals surface area (Å²) in [4.78, 5) is 36.3. The van der Waals surface area contributed by atoms with Crippen LogP contribution in [0.2, 0.25) is 0 Å². The number of allylic oxidation sites excluding steroid dienone is 1. The molecule has 1 atom stereocenters. The summed E-state index contributed by atoms with van der Waals surface area (Å²) in [5.74, 6) is -1.09. The van der Waals surface area contributed by atoms with Crippen molar-refractivity contribution in [3.63, 3.8) is 0 Å². The molecule has 0 spiro atoms. The van der Waals surface area contributed by atoms with Gasteiger partial charge in [0.15, 0.2) is 5.78 Å². The smallest absolute Gasteiger partial charge is 0.355 e. The SMILES string of the molecule is COC(=O)C1=C(C(=O)c2cccc([N+](=O)[O-])c2)[C@@H](c2ccco2)n2nnnc2N1. The third-order valence-corrected chi connectivity index (χ3v) is 4.28. The number of furan rings is 1. The number of carbonyl (C=O) groups is 2. The van der Waals surface area contributed by atoms with Crippen molar-refractivity contribution in [1.82, 2.24) is 20.2 Å². The second kappa shape index (κ2) is 6.99. The number of Topliss-reactive ketones (excluding diaryl/α,β-unsaturated/α-hetero) is 1. The third kappa shape index (κ3) is 3.01. The highest BCUT2D eigenvalue weighted by Gasteiger charge is 2.40. The first-order valence-corrected chi connectivity index (χ1v) is 8.21. The molecule has 0 saturated carbocycles. The lowest BCUT2D eigenvalue weighted by atomic mass is 9.92. The van der Waals surface area contributed by atoms with Gasteiger partial charge in [-0.15, -0.1) is 0 Å². The molecular formula is C17H12N6O6. The minimum absolute atomic E-state index is 0.00508. The van der Waals surface area contributed by atoms with Crippen molar-refractivity contribution in [3.05, 3.63) is 75.4 Å². The lowest BCUT2D eigenvalue weighted by Crippen LogP contribution is -2.32. The third-order valence-electron chi connectivity index (χ3n) is 4.28. The van der Waals surface area contributed by atoms with Crippen molar-refractivity contribution in [3.8, 4) is 0 Å².